The summed E-state index contributed by atoms with van der Waals surface area (Å²) in [6, 6.07) is 21.5. The van der Waals surface area contributed by atoms with Crippen molar-refractivity contribution in [3.8, 4) is 0 Å². The maximum absolute atomic E-state index is 15.1. The number of hydrogen-bond donors (Lipinski definition) is 1. The minimum absolute atomic E-state index is 0.0114. The number of nitrogens with zero attached hydrogens (tertiary/aromatic N) is 2. The molecule has 3 fully saturated rings. The lowest BCUT2D eigenvalue weighted by atomic mass is 9.65. The standard InChI is InChI=1S/C37H40N2O6/c1-4-20-38(28-17-16-26-14-10-11-15-27(26)23-28)34(42)32-37-19-18-36(6-3,45-37)31(35(43)44-21-5-2)30(37)33(41)39(32)29(24-40)22-25-12-8-7-9-13-25/h4-5,7-17,23,29-32,40H,1-2,6,18-22,24H2,3H3/t29-,30+,31+,32?,36-,37?/m1/s1. The average molecular weight is 609 g/mol. The fourth-order valence-corrected chi connectivity index (χ4v) is 8.00. The smallest absolute Gasteiger partial charge is 0.313 e. The second kappa shape index (κ2) is 12.3. The maximum Gasteiger partial charge on any atom is 0.313 e. The molecule has 3 heterocycles. The van der Waals surface area contributed by atoms with Crippen LogP contribution in [0.1, 0.15) is 31.7 Å². The second-order valence-corrected chi connectivity index (χ2v) is 12.3. The minimum atomic E-state index is -1.26. The SMILES string of the molecule is C=CCOC(=O)[C@@H]1[C@H]2C(=O)N([C@@H](CO)Cc3ccccc3)C(C(=O)N(CC=C)c3ccc4ccccc4c3)C23CC[C@@]1(CC)O3. The van der Waals surface area contributed by atoms with Crippen LogP contribution in [0.4, 0.5) is 5.69 Å². The van der Waals surface area contributed by atoms with Gasteiger partial charge in [0.1, 0.15) is 24.2 Å². The highest BCUT2D eigenvalue weighted by Crippen LogP contribution is 2.65. The van der Waals surface area contributed by atoms with E-state index in [2.05, 4.69) is 13.2 Å². The van der Waals surface area contributed by atoms with Crippen LogP contribution in [0.2, 0.25) is 0 Å². The number of aliphatic hydroxyl groups excluding tert-OH is 1. The summed E-state index contributed by atoms with van der Waals surface area (Å²) < 4.78 is 12.5. The molecule has 1 spiro atoms. The topological polar surface area (TPSA) is 96.4 Å². The van der Waals surface area contributed by atoms with Gasteiger partial charge in [0.15, 0.2) is 0 Å². The van der Waals surface area contributed by atoms with E-state index < -0.39 is 41.1 Å². The zero-order valence-electron chi connectivity index (χ0n) is 25.6. The van der Waals surface area contributed by atoms with E-state index in [1.807, 2.05) is 79.7 Å². The number of benzene rings is 3. The number of carbonyl (C=O) groups is 3. The largest absolute Gasteiger partial charge is 0.461 e. The number of rotatable bonds is 12. The Morgan fingerprint density at radius 2 is 1.80 bits per heavy atom. The van der Waals surface area contributed by atoms with Crippen LogP contribution in [-0.4, -0.2) is 70.8 Å². The Morgan fingerprint density at radius 1 is 1.07 bits per heavy atom. The van der Waals surface area contributed by atoms with Crippen molar-refractivity contribution in [2.45, 2.75) is 55.9 Å². The molecule has 6 atom stereocenters. The van der Waals surface area contributed by atoms with E-state index in [0.29, 0.717) is 31.4 Å². The fourth-order valence-electron chi connectivity index (χ4n) is 8.00. The van der Waals surface area contributed by atoms with Gasteiger partial charge in [-0.05, 0) is 54.2 Å². The number of fused-ring (bicyclic) bond motifs is 2. The van der Waals surface area contributed by atoms with Gasteiger partial charge in [-0.25, -0.2) is 0 Å². The monoisotopic (exact) mass is 608 g/mol. The van der Waals surface area contributed by atoms with Crippen LogP contribution in [0, 0.1) is 11.8 Å². The van der Waals surface area contributed by atoms with E-state index in [1.54, 1.807) is 11.0 Å². The highest BCUT2D eigenvalue weighted by atomic mass is 16.6. The molecule has 3 aliphatic rings. The first kappa shape index (κ1) is 30.7. The molecule has 2 unspecified atom stereocenters. The summed E-state index contributed by atoms with van der Waals surface area (Å²) in [7, 11) is 0. The van der Waals surface area contributed by atoms with Gasteiger partial charge in [-0.2, -0.15) is 0 Å². The molecular weight excluding hydrogens is 568 g/mol. The van der Waals surface area contributed by atoms with Crippen LogP contribution in [0.3, 0.4) is 0 Å². The summed E-state index contributed by atoms with van der Waals surface area (Å²) in [5, 5.41) is 12.8. The van der Waals surface area contributed by atoms with Crippen molar-refractivity contribution in [2.24, 2.45) is 11.8 Å². The first-order valence-corrected chi connectivity index (χ1v) is 15.7. The van der Waals surface area contributed by atoms with Gasteiger partial charge in [-0.15, -0.1) is 6.58 Å². The molecule has 0 aromatic heterocycles. The second-order valence-electron chi connectivity index (χ2n) is 12.3. The fraction of sp³-hybridized carbons (Fsp3) is 0.378. The number of likely N-dealkylation sites (tertiary alicyclic amines) is 1. The van der Waals surface area contributed by atoms with Crippen LogP contribution >= 0.6 is 0 Å². The lowest BCUT2D eigenvalue weighted by Gasteiger charge is -2.39. The zero-order chi connectivity index (χ0) is 31.8. The molecule has 0 saturated carbocycles. The number of carbonyl (C=O) groups excluding carboxylic acids is 3. The quantitative estimate of drug-likeness (QED) is 0.233. The molecule has 6 rings (SSSR count). The molecule has 0 aliphatic carbocycles. The summed E-state index contributed by atoms with van der Waals surface area (Å²) in [4.78, 5) is 46.6. The first-order valence-electron chi connectivity index (χ1n) is 15.7. The maximum atomic E-state index is 15.1. The van der Waals surface area contributed by atoms with E-state index in [-0.39, 0.29) is 31.6 Å². The molecule has 3 aromatic carbocycles. The molecule has 0 radical (unpaired) electrons. The predicted octanol–water partition coefficient (Wildman–Crippen LogP) is 4.85. The summed E-state index contributed by atoms with van der Waals surface area (Å²) >= 11 is 0. The highest BCUT2D eigenvalue weighted by Gasteiger charge is 2.79. The number of ether oxygens (including phenoxy) is 2. The third kappa shape index (κ3) is 4.96. The third-order valence-electron chi connectivity index (χ3n) is 9.99. The van der Waals surface area contributed by atoms with Gasteiger partial charge in [0, 0.05) is 12.2 Å². The molecule has 8 heteroatoms. The van der Waals surface area contributed by atoms with Crippen LogP contribution in [0.25, 0.3) is 10.8 Å². The Kier molecular flexibility index (Phi) is 8.37. The van der Waals surface area contributed by atoms with Gasteiger partial charge < -0.3 is 24.4 Å². The molecule has 1 N–H and O–H groups in total. The van der Waals surface area contributed by atoms with E-state index >= 15 is 4.79 Å². The van der Waals surface area contributed by atoms with Crippen molar-refractivity contribution in [3.05, 3.63) is 104 Å². The summed E-state index contributed by atoms with van der Waals surface area (Å²) in [5.74, 6) is -3.03. The van der Waals surface area contributed by atoms with Gasteiger partial charge in [-0.3, -0.25) is 14.4 Å². The van der Waals surface area contributed by atoms with Gasteiger partial charge in [-0.1, -0.05) is 86.3 Å². The van der Waals surface area contributed by atoms with Gasteiger partial charge in [0.05, 0.1) is 24.2 Å². The zero-order valence-corrected chi connectivity index (χ0v) is 25.6. The van der Waals surface area contributed by atoms with E-state index in [4.69, 9.17) is 9.47 Å². The molecular formula is C37H40N2O6. The van der Waals surface area contributed by atoms with Gasteiger partial charge in [0.25, 0.3) is 5.91 Å². The van der Waals surface area contributed by atoms with E-state index in [9.17, 15) is 14.7 Å². The highest BCUT2D eigenvalue weighted by molar-refractivity contribution is 6.06. The summed E-state index contributed by atoms with van der Waals surface area (Å²) in [6.45, 7) is 9.37. The molecule has 234 valence electrons. The number of amides is 2. The van der Waals surface area contributed by atoms with Crippen molar-refractivity contribution < 1.29 is 29.0 Å². The van der Waals surface area contributed by atoms with E-state index in [1.165, 1.54) is 11.0 Å². The normalized spacial score (nSPS) is 27.3. The Morgan fingerprint density at radius 3 is 2.49 bits per heavy atom. The van der Waals surface area contributed by atoms with Gasteiger partial charge >= 0.3 is 5.97 Å². The molecule has 3 saturated heterocycles. The Hall–Kier alpha value is -4.27. The lowest BCUT2D eigenvalue weighted by molar-refractivity contribution is -0.161. The van der Waals surface area contributed by atoms with Crippen molar-refractivity contribution in [1.82, 2.24) is 4.90 Å². The summed E-state index contributed by atoms with van der Waals surface area (Å²) in [5.41, 5.74) is -0.611. The van der Waals surface area contributed by atoms with Crippen molar-refractivity contribution >= 4 is 34.2 Å². The van der Waals surface area contributed by atoms with Crippen molar-refractivity contribution in [1.29, 1.82) is 0 Å². The minimum Gasteiger partial charge on any atom is -0.461 e. The van der Waals surface area contributed by atoms with Crippen molar-refractivity contribution in [3.63, 3.8) is 0 Å². The molecule has 8 nitrogen and oxygen atoms in total. The molecule has 45 heavy (non-hydrogen) atoms. The average Bonchev–Trinajstić information content (AvgIpc) is 3.68. The van der Waals surface area contributed by atoms with Crippen LogP contribution < -0.4 is 4.90 Å². The lowest BCUT2D eigenvalue weighted by Crippen LogP contribution is -2.59. The molecule has 3 aromatic rings. The van der Waals surface area contributed by atoms with Crippen LogP contribution in [-0.2, 0) is 30.3 Å². The predicted molar refractivity (Wildman–Crippen MR) is 172 cm³/mol. The molecule has 2 amide bonds. The number of esters is 1. The number of aliphatic hydroxyl groups is 1. The van der Waals surface area contributed by atoms with Crippen LogP contribution in [0.15, 0.2) is 98.1 Å². The Labute approximate surface area is 263 Å². The first-order chi connectivity index (χ1) is 21.8. The summed E-state index contributed by atoms with van der Waals surface area (Å²) in [6.07, 6.45) is 4.91. The van der Waals surface area contributed by atoms with Crippen LogP contribution in [0.5, 0.6) is 0 Å². The number of hydrogen-bond acceptors (Lipinski definition) is 6. The Bertz CT molecular complexity index is 1620. The van der Waals surface area contributed by atoms with Gasteiger partial charge in [0.2, 0.25) is 5.91 Å². The van der Waals surface area contributed by atoms with Crippen molar-refractivity contribution in [2.75, 3.05) is 24.7 Å². The number of anilines is 1. The van der Waals surface area contributed by atoms with E-state index in [0.717, 1.165) is 16.3 Å². The molecule has 3 aliphatic heterocycles. The Balaban J connectivity index is 1.48. The molecule has 2 bridgehead atoms. The third-order valence-corrected chi connectivity index (χ3v) is 9.99.